The molecule has 0 radical (unpaired) electrons. The number of hydrogen-bond acceptors (Lipinski definition) is 3. The Hall–Kier alpha value is -1.14. The molecular formula is C14H22BrN5. The van der Waals surface area contributed by atoms with E-state index in [4.69, 9.17) is 0 Å². The third-order valence-electron chi connectivity index (χ3n) is 3.22. The van der Waals surface area contributed by atoms with E-state index in [-0.39, 0.29) is 0 Å². The molecule has 110 valence electrons. The summed E-state index contributed by atoms with van der Waals surface area (Å²) in [5, 5.41) is 12.3. The van der Waals surface area contributed by atoms with Gasteiger partial charge in [0.15, 0.2) is 0 Å². The Morgan fingerprint density at radius 3 is 2.75 bits per heavy atom. The first kappa shape index (κ1) is 15.3. The summed E-state index contributed by atoms with van der Waals surface area (Å²) in [6, 6.07) is 0.483. The highest BCUT2D eigenvalue weighted by Crippen LogP contribution is 2.22. The summed E-state index contributed by atoms with van der Waals surface area (Å²) in [4.78, 5) is 0. The smallest absolute Gasteiger partial charge is 0.0839 e. The van der Waals surface area contributed by atoms with Crippen LogP contribution in [0.15, 0.2) is 16.9 Å². The molecule has 6 heteroatoms. The molecule has 0 saturated carbocycles. The van der Waals surface area contributed by atoms with Gasteiger partial charge in [-0.2, -0.15) is 10.2 Å². The maximum Gasteiger partial charge on any atom is 0.0839 e. The standard InChI is InChI=1S/C14H22BrN5/c1-5-12-14(15)13(19(4)18-12)9-20-8-11(7-17-20)6-16-10(2)3/h7-8,10,16H,5-6,9H2,1-4H3. The third kappa shape index (κ3) is 3.49. The van der Waals surface area contributed by atoms with Gasteiger partial charge in [-0.15, -0.1) is 0 Å². The largest absolute Gasteiger partial charge is 0.310 e. The van der Waals surface area contributed by atoms with E-state index in [0.717, 1.165) is 35.4 Å². The van der Waals surface area contributed by atoms with Crippen LogP contribution in [0.1, 0.15) is 37.7 Å². The van der Waals surface area contributed by atoms with E-state index in [1.54, 1.807) is 0 Å². The number of rotatable bonds is 6. The Kier molecular flexibility index (Phi) is 4.99. The zero-order valence-corrected chi connectivity index (χ0v) is 14.1. The van der Waals surface area contributed by atoms with E-state index in [2.05, 4.69) is 58.4 Å². The summed E-state index contributed by atoms with van der Waals surface area (Å²) in [5.41, 5.74) is 3.44. The highest BCUT2D eigenvalue weighted by atomic mass is 79.9. The number of aromatic nitrogens is 4. The highest BCUT2D eigenvalue weighted by molar-refractivity contribution is 9.10. The monoisotopic (exact) mass is 339 g/mol. The molecule has 0 amide bonds. The van der Waals surface area contributed by atoms with E-state index in [0.29, 0.717) is 6.04 Å². The fourth-order valence-electron chi connectivity index (χ4n) is 2.05. The van der Waals surface area contributed by atoms with E-state index >= 15 is 0 Å². The number of nitrogens with zero attached hydrogens (tertiary/aromatic N) is 4. The van der Waals surface area contributed by atoms with Gasteiger partial charge in [0.05, 0.1) is 28.6 Å². The zero-order valence-electron chi connectivity index (χ0n) is 12.5. The average molecular weight is 340 g/mol. The molecule has 0 aliphatic rings. The minimum atomic E-state index is 0.483. The lowest BCUT2D eigenvalue weighted by Crippen LogP contribution is -2.21. The maximum atomic E-state index is 4.51. The molecule has 2 heterocycles. The SMILES string of the molecule is CCc1nn(C)c(Cn2cc(CNC(C)C)cn2)c1Br. The lowest BCUT2D eigenvalue weighted by atomic mass is 10.3. The summed E-state index contributed by atoms with van der Waals surface area (Å²) in [6.45, 7) is 7.98. The summed E-state index contributed by atoms with van der Waals surface area (Å²) < 4.78 is 4.98. The second-order valence-electron chi connectivity index (χ2n) is 5.27. The zero-order chi connectivity index (χ0) is 14.7. The molecule has 2 rings (SSSR count). The van der Waals surface area contributed by atoms with Gasteiger partial charge in [0.2, 0.25) is 0 Å². The second kappa shape index (κ2) is 6.54. The number of aryl methyl sites for hydroxylation is 2. The molecule has 0 aliphatic heterocycles. The van der Waals surface area contributed by atoms with E-state index in [1.165, 1.54) is 5.56 Å². The van der Waals surface area contributed by atoms with Crippen LogP contribution in [0.25, 0.3) is 0 Å². The summed E-state index contributed by atoms with van der Waals surface area (Å²) in [5.74, 6) is 0. The molecule has 0 bridgehead atoms. The molecule has 2 aromatic rings. The quantitative estimate of drug-likeness (QED) is 0.879. The molecule has 0 aliphatic carbocycles. The van der Waals surface area contributed by atoms with Crippen molar-refractivity contribution in [1.82, 2.24) is 24.9 Å². The van der Waals surface area contributed by atoms with Crippen molar-refractivity contribution in [2.24, 2.45) is 7.05 Å². The fraction of sp³-hybridized carbons (Fsp3) is 0.571. The van der Waals surface area contributed by atoms with Crippen molar-refractivity contribution < 1.29 is 0 Å². The first-order valence-corrected chi connectivity index (χ1v) is 7.75. The highest BCUT2D eigenvalue weighted by Gasteiger charge is 2.13. The van der Waals surface area contributed by atoms with Crippen molar-refractivity contribution in [3.8, 4) is 0 Å². The van der Waals surface area contributed by atoms with E-state index < -0.39 is 0 Å². The summed E-state index contributed by atoms with van der Waals surface area (Å²) in [7, 11) is 1.98. The summed E-state index contributed by atoms with van der Waals surface area (Å²) >= 11 is 3.64. The Morgan fingerprint density at radius 1 is 1.40 bits per heavy atom. The van der Waals surface area contributed by atoms with E-state index in [9.17, 15) is 0 Å². The molecule has 5 nitrogen and oxygen atoms in total. The van der Waals surface area contributed by atoms with Crippen molar-refractivity contribution >= 4 is 15.9 Å². The van der Waals surface area contributed by atoms with Gasteiger partial charge in [0, 0.05) is 31.4 Å². The third-order valence-corrected chi connectivity index (χ3v) is 4.13. The predicted octanol–water partition coefficient (Wildman–Crippen LogP) is 2.49. The van der Waals surface area contributed by atoms with Gasteiger partial charge >= 0.3 is 0 Å². The summed E-state index contributed by atoms with van der Waals surface area (Å²) in [6.07, 6.45) is 4.93. The van der Waals surface area contributed by atoms with Gasteiger partial charge in [-0.05, 0) is 22.4 Å². The first-order valence-electron chi connectivity index (χ1n) is 6.96. The van der Waals surface area contributed by atoms with Crippen LogP contribution in [0.5, 0.6) is 0 Å². The van der Waals surface area contributed by atoms with Crippen LogP contribution in [-0.4, -0.2) is 25.6 Å². The molecule has 0 aromatic carbocycles. The number of halogens is 1. The van der Waals surface area contributed by atoms with Crippen molar-refractivity contribution in [1.29, 1.82) is 0 Å². The van der Waals surface area contributed by atoms with Crippen LogP contribution < -0.4 is 5.32 Å². The predicted molar refractivity (Wildman–Crippen MR) is 83.6 cm³/mol. The van der Waals surface area contributed by atoms with Gasteiger partial charge in [-0.25, -0.2) is 0 Å². The lowest BCUT2D eigenvalue weighted by Gasteiger charge is -2.05. The molecular weight excluding hydrogens is 318 g/mol. The number of hydrogen-bond donors (Lipinski definition) is 1. The lowest BCUT2D eigenvalue weighted by molar-refractivity contribution is 0.586. The van der Waals surface area contributed by atoms with Crippen molar-refractivity contribution in [2.45, 2.75) is 46.3 Å². The van der Waals surface area contributed by atoms with Crippen LogP contribution in [0, 0.1) is 0 Å². The molecule has 2 aromatic heterocycles. The molecule has 0 saturated heterocycles. The minimum absolute atomic E-state index is 0.483. The molecule has 1 N–H and O–H groups in total. The second-order valence-corrected chi connectivity index (χ2v) is 6.06. The fourth-order valence-corrected chi connectivity index (χ4v) is 2.79. The number of nitrogens with one attached hydrogen (secondary N) is 1. The van der Waals surface area contributed by atoms with Crippen LogP contribution in [-0.2, 0) is 26.6 Å². The Balaban J connectivity index is 2.09. The normalized spacial score (nSPS) is 11.5. The Morgan fingerprint density at radius 2 is 2.15 bits per heavy atom. The van der Waals surface area contributed by atoms with Crippen molar-refractivity contribution in [2.75, 3.05) is 0 Å². The van der Waals surface area contributed by atoms with Crippen molar-refractivity contribution in [3.05, 3.63) is 33.8 Å². The van der Waals surface area contributed by atoms with Crippen LogP contribution in [0.4, 0.5) is 0 Å². The van der Waals surface area contributed by atoms with Crippen LogP contribution >= 0.6 is 15.9 Å². The molecule has 0 fully saturated rings. The molecule has 0 spiro atoms. The molecule has 0 atom stereocenters. The van der Waals surface area contributed by atoms with Crippen LogP contribution in [0.2, 0.25) is 0 Å². The van der Waals surface area contributed by atoms with Gasteiger partial charge in [-0.1, -0.05) is 20.8 Å². The minimum Gasteiger partial charge on any atom is -0.310 e. The Labute approximate surface area is 128 Å². The first-order chi connectivity index (χ1) is 9.51. The van der Waals surface area contributed by atoms with Gasteiger partial charge in [-0.3, -0.25) is 9.36 Å². The average Bonchev–Trinajstić information content (AvgIpc) is 2.96. The van der Waals surface area contributed by atoms with Gasteiger partial charge < -0.3 is 5.32 Å². The Bertz CT molecular complexity index is 570. The van der Waals surface area contributed by atoms with Gasteiger partial charge in [0.1, 0.15) is 0 Å². The topological polar surface area (TPSA) is 47.7 Å². The van der Waals surface area contributed by atoms with E-state index in [1.807, 2.05) is 22.6 Å². The molecule has 0 unspecified atom stereocenters. The van der Waals surface area contributed by atoms with Crippen LogP contribution in [0.3, 0.4) is 0 Å². The molecule has 20 heavy (non-hydrogen) atoms. The van der Waals surface area contributed by atoms with Crippen molar-refractivity contribution in [3.63, 3.8) is 0 Å². The maximum absolute atomic E-state index is 4.51. The van der Waals surface area contributed by atoms with Gasteiger partial charge in [0.25, 0.3) is 0 Å².